The molecule has 0 spiro atoms. The van der Waals surface area contributed by atoms with Crippen molar-refractivity contribution in [2.75, 3.05) is 6.61 Å². The lowest BCUT2D eigenvalue weighted by Crippen LogP contribution is -2.18. The second kappa shape index (κ2) is 1.80. The molecular weight excluding hydrogens is 90.1 g/mol. The fourth-order valence-electron chi connectivity index (χ4n) is 0.850. The zero-order chi connectivity index (χ0) is 5.28. The van der Waals surface area contributed by atoms with Crippen molar-refractivity contribution in [1.82, 2.24) is 0 Å². The van der Waals surface area contributed by atoms with Crippen LogP contribution in [0.4, 0.5) is 0 Å². The fourth-order valence-corrected chi connectivity index (χ4v) is 0.850. The third-order valence-corrected chi connectivity index (χ3v) is 1.23. The molecule has 2 heteroatoms. The third-order valence-electron chi connectivity index (χ3n) is 1.23. The molecule has 0 aliphatic carbocycles. The van der Waals surface area contributed by atoms with Gasteiger partial charge in [-0.25, -0.2) is 0 Å². The van der Waals surface area contributed by atoms with E-state index in [1.54, 1.807) is 0 Å². The average Bonchev–Trinajstić information content (AvgIpc) is 1.87. The maximum absolute atomic E-state index is 5.50. The first-order chi connectivity index (χ1) is 3.29. The van der Waals surface area contributed by atoms with Crippen LogP contribution >= 0.6 is 0 Å². The summed E-state index contributed by atoms with van der Waals surface area (Å²) >= 11 is 0. The van der Waals surface area contributed by atoms with Crippen molar-refractivity contribution in [1.29, 1.82) is 0 Å². The molecule has 2 N–H and O–H groups in total. The Balaban J connectivity index is 2.26. The van der Waals surface area contributed by atoms with E-state index < -0.39 is 0 Å². The number of hydrogen-bond acceptors (Lipinski definition) is 2. The van der Waals surface area contributed by atoms with Gasteiger partial charge in [0.05, 0.1) is 12.7 Å². The van der Waals surface area contributed by atoms with E-state index in [4.69, 9.17) is 10.5 Å². The highest BCUT2D eigenvalue weighted by atomic mass is 16.5. The van der Waals surface area contributed by atoms with Crippen LogP contribution in [0.25, 0.3) is 0 Å². The standard InChI is InChI=1S/C5H11NO/c1-4-2-5(6)3-7-4/h4-5H,2-3,6H2,1H3/t4-,5+/m0/s1. The smallest absolute Gasteiger partial charge is 0.0622 e. The molecule has 1 fully saturated rings. The van der Waals surface area contributed by atoms with E-state index >= 15 is 0 Å². The van der Waals surface area contributed by atoms with Gasteiger partial charge < -0.3 is 10.5 Å². The minimum absolute atomic E-state index is 0.301. The van der Waals surface area contributed by atoms with Crippen molar-refractivity contribution in [2.24, 2.45) is 5.73 Å². The van der Waals surface area contributed by atoms with Crippen LogP contribution in [0.15, 0.2) is 0 Å². The van der Waals surface area contributed by atoms with E-state index in [-0.39, 0.29) is 0 Å². The van der Waals surface area contributed by atoms with Gasteiger partial charge in [0, 0.05) is 6.04 Å². The first kappa shape index (κ1) is 5.06. The summed E-state index contributed by atoms with van der Waals surface area (Å²) in [6.07, 6.45) is 1.43. The summed E-state index contributed by atoms with van der Waals surface area (Å²) in [5, 5.41) is 0. The van der Waals surface area contributed by atoms with Gasteiger partial charge in [-0.15, -0.1) is 0 Å². The summed E-state index contributed by atoms with van der Waals surface area (Å²) in [5.41, 5.74) is 5.50. The maximum Gasteiger partial charge on any atom is 0.0622 e. The fraction of sp³-hybridized carbons (Fsp3) is 1.00. The quantitative estimate of drug-likeness (QED) is 0.470. The van der Waals surface area contributed by atoms with Gasteiger partial charge >= 0.3 is 0 Å². The van der Waals surface area contributed by atoms with Gasteiger partial charge in [-0.3, -0.25) is 0 Å². The van der Waals surface area contributed by atoms with Crippen molar-refractivity contribution < 1.29 is 4.74 Å². The van der Waals surface area contributed by atoms with E-state index in [0.717, 1.165) is 13.0 Å². The van der Waals surface area contributed by atoms with Crippen molar-refractivity contribution in [3.8, 4) is 0 Å². The molecule has 1 saturated heterocycles. The number of ether oxygens (including phenoxy) is 1. The minimum atomic E-state index is 0.301. The highest BCUT2D eigenvalue weighted by Gasteiger charge is 2.16. The van der Waals surface area contributed by atoms with Gasteiger partial charge in [0.25, 0.3) is 0 Å². The topological polar surface area (TPSA) is 35.2 Å². The Hall–Kier alpha value is -0.0800. The molecule has 1 rings (SSSR count). The van der Waals surface area contributed by atoms with Gasteiger partial charge in [-0.2, -0.15) is 0 Å². The Bertz CT molecular complexity index is 57.1. The third kappa shape index (κ3) is 1.14. The van der Waals surface area contributed by atoms with Crippen LogP contribution in [-0.2, 0) is 4.74 Å². The number of rotatable bonds is 0. The second-order valence-corrected chi connectivity index (χ2v) is 2.14. The highest BCUT2D eigenvalue weighted by Crippen LogP contribution is 2.08. The number of nitrogens with two attached hydrogens (primary N) is 1. The van der Waals surface area contributed by atoms with E-state index in [2.05, 4.69) is 0 Å². The monoisotopic (exact) mass is 101 g/mol. The second-order valence-electron chi connectivity index (χ2n) is 2.14. The summed E-state index contributed by atoms with van der Waals surface area (Å²) < 4.78 is 5.14. The van der Waals surface area contributed by atoms with Crippen LogP contribution in [0, 0.1) is 0 Å². The Morgan fingerprint density at radius 2 is 2.43 bits per heavy atom. The molecule has 7 heavy (non-hydrogen) atoms. The molecule has 0 saturated carbocycles. The van der Waals surface area contributed by atoms with Gasteiger partial charge in [0.2, 0.25) is 0 Å². The van der Waals surface area contributed by atoms with Gasteiger partial charge in [-0.05, 0) is 13.3 Å². The molecule has 0 aromatic carbocycles. The molecule has 0 aromatic heterocycles. The van der Waals surface area contributed by atoms with Crippen LogP contribution in [0.2, 0.25) is 0 Å². The SMILES string of the molecule is C[C@H]1C[C@@H](N)CO1. The molecule has 1 heterocycles. The van der Waals surface area contributed by atoms with Crippen LogP contribution in [0.3, 0.4) is 0 Å². The van der Waals surface area contributed by atoms with Gasteiger partial charge in [0.1, 0.15) is 0 Å². The number of hydrogen-bond donors (Lipinski definition) is 1. The summed E-state index contributed by atoms with van der Waals surface area (Å²) in [7, 11) is 0. The highest BCUT2D eigenvalue weighted by molar-refractivity contribution is 4.71. The summed E-state index contributed by atoms with van der Waals surface area (Å²) in [4.78, 5) is 0. The van der Waals surface area contributed by atoms with Crippen LogP contribution < -0.4 is 5.73 Å². The Morgan fingerprint density at radius 3 is 2.57 bits per heavy atom. The molecule has 0 bridgehead atoms. The molecule has 0 aromatic rings. The molecule has 0 radical (unpaired) electrons. The molecule has 2 atom stereocenters. The van der Waals surface area contributed by atoms with Gasteiger partial charge in [-0.1, -0.05) is 0 Å². The normalized spacial score (nSPS) is 42.0. The van der Waals surface area contributed by atoms with Crippen LogP contribution in [-0.4, -0.2) is 18.8 Å². The Labute approximate surface area is 43.6 Å². The molecule has 2 nitrogen and oxygen atoms in total. The van der Waals surface area contributed by atoms with Crippen LogP contribution in [0.1, 0.15) is 13.3 Å². The molecule has 1 aliphatic heterocycles. The lowest BCUT2D eigenvalue weighted by atomic mass is 10.2. The molecular formula is C5H11NO. The first-order valence-electron chi connectivity index (χ1n) is 2.66. The first-order valence-corrected chi connectivity index (χ1v) is 2.66. The van der Waals surface area contributed by atoms with Crippen molar-refractivity contribution in [2.45, 2.75) is 25.5 Å². The van der Waals surface area contributed by atoms with E-state index in [1.165, 1.54) is 0 Å². The van der Waals surface area contributed by atoms with Crippen molar-refractivity contribution in [3.63, 3.8) is 0 Å². The van der Waals surface area contributed by atoms with E-state index in [9.17, 15) is 0 Å². The minimum Gasteiger partial charge on any atom is -0.377 e. The van der Waals surface area contributed by atoms with Crippen molar-refractivity contribution >= 4 is 0 Å². The molecule has 42 valence electrons. The maximum atomic E-state index is 5.50. The van der Waals surface area contributed by atoms with E-state index in [0.29, 0.717) is 12.1 Å². The Morgan fingerprint density at radius 1 is 1.71 bits per heavy atom. The summed E-state index contributed by atoms with van der Waals surface area (Å²) in [5.74, 6) is 0. The Kier molecular flexibility index (Phi) is 1.30. The zero-order valence-corrected chi connectivity index (χ0v) is 4.55. The van der Waals surface area contributed by atoms with E-state index in [1.807, 2.05) is 6.92 Å². The summed E-state index contributed by atoms with van der Waals surface area (Å²) in [6.45, 7) is 2.80. The predicted octanol–water partition coefficient (Wildman–Crippen LogP) is 0.122. The molecule has 0 amide bonds. The van der Waals surface area contributed by atoms with Crippen molar-refractivity contribution in [3.05, 3.63) is 0 Å². The molecule has 1 aliphatic rings. The predicted molar refractivity (Wildman–Crippen MR) is 28.0 cm³/mol. The summed E-state index contributed by atoms with van der Waals surface area (Å²) in [6, 6.07) is 0.301. The average molecular weight is 101 g/mol. The lowest BCUT2D eigenvalue weighted by Gasteiger charge is -1.94. The van der Waals surface area contributed by atoms with Gasteiger partial charge in [0.15, 0.2) is 0 Å². The largest absolute Gasteiger partial charge is 0.377 e. The lowest BCUT2D eigenvalue weighted by molar-refractivity contribution is 0.124. The zero-order valence-electron chi connectivity index (χ0n) is 4.55. The van der Waals surface area contributed by atoms with Crippen LogP contribution in [0.5, 0.6) is 0 Å². The molecule has 0 unspecified atom stereocenters.